The average Bonchev–Trinajstić information content (AvgIpc) is 2.97. The van der Waals surface area contributed by atoms with Crippen LogP contribution in [0.3, 0.4) is 0 Å². The van der Waals surface area contributed by atoms with Crippen LogP contribution in [0, 0.1) is 0 Å². The fourth-order valence-corrected chi connectivity index (χ4v) is 2.06. The molecule has 0 bridgehead atoms. The quantitative estimate of drug-likeness (QED) is 0.762. The van der Waals surface area contributed by atoms with Crippen LogP contribution in [0.5, 0.6) is 0 Å². The molecule has 0 spiro atoms. The molecule has 1 atom stereocenters. The number of nitrogens with one attached hydrogen (secondary N) is 1. The minimum absolute atomic E-state index is 0.200. The summed E-state index contributed by atoms with van der Waals surface area (Å²) < 4.78 is 5.78. The van der Waals surface area contributed by atoms with Crippen LogP contribution in [0.4, 0.5) is 0 Å². The molecule has 15 heavy (non-hydrogen) atoms. The third-order valence-corrected chi connectivity index (χ3v) is 3.09. The van der Waals surface area contributed by atoms with Crippen LogP contribution in [-0.2, 0) is 4.74 Å². The Bertz CT molecular complexity index is 208. The molecule has 1 unspecified atom stereocenters. The van der Waals surface area contributed by atoms with Crippen molar-refractivity contribution in [1.29, 1.82) is 0 Å². The number of ether oxygens (including phenoxy) is 1. The minimum Gasteiger partial charge on any atom is -0.374 e. The molecule has 0 aromatic carbocycles. The molecule has 0 amide bonds. The molecule has 88 valence electrons. The maximum atomic E-state index is 5.78. The standard InChI is InChI=1S/C12H24N2O/c1-12(2,3)13-8-11-9-14(6-7-15-11)10-4-5-10/h10-11,13H,4-9H2,1-3H3. The Morgan fingerprint density at radius 2 is 2.07 bits per heavy atom. The third-order valence-electron chi connectivity index (χ3n) is 3.09. The van der Waals surface area contributed by atoms with Crippen molar-refractivity contribution < 1.29 is 4.74 Å². The van der Waals surface area contributed by atoms with E-state index in [9.17, 15) is 0 Å². The van der Waals surface area contributed by atoms with Crippen molar-refractivity contribution in [3.8, 4) is 0 Å². The van der Waals surface area contributed by atoms with Gasteiger partial charge in [0.1, 0.15) is 0 Å². The van der Waals surface area contributed by atoms with Gasteiger partial charge in [-0.15, -0.1) is 0 Å². The van der Waals surface area contributed by atoms with Crippen molar-refractivity contribution in [2.75, 3.05) is 26.2 Å². The van der Waals surface area contributed by atoms with E-state index in [1.54, 1.807) is 0 Å². The Morgan fingerprint density at radius 1 is 1.33 bits per heavy atom. The first-order chi connectivity index (χ1) is 7.04. The van der Waals surface area contributed by atoms with Gasteiger partial charge in [0.05, 0.1) is 12.7 Å². The summed E-state index contributed by atoms with van der Waals surface area (Å²) in [6, 6.07) is 0.881. The molecule has 1 heterocycles. The lowest BCUT2D eigenvalue weighted by Gasteiger charge is -2.34. The van der Waals surface area contributed by atoms with Gasteiger partial charge in [-0.1, -0.05) is 0 Å². The first-order valence-corrected chi connectivity index (χ1v) is 6.15. The largest absolute Gasteiger partial charge is 0.374 e. The van der Waals surface area contributed by atoms with Gasteiger partial charge in [0.15, 0.2) is 0 Å². The third kappa shape index (κ3) is 3.74. The Labute approximate surface area is 93.2 Å². The number of morpholine rings is 1. The second-order valence-electron chi connectivity index (χ2n) is 5.85. The van der Waals surface area contributed by atoms with E-state index in [1.807, 2.05) is 0 Å². The van der Waals surface area contributed by atoms with Gasteiger partial charge in [-0.25, -0.2) is 0 Å². The summed E-state index contributed by atoms with van der Waals surface area (Å²) in [5, 5.41) is 3.52. The summed E-state index contributed by atoms with van der Waals surface area (Å²) in [4.78, 5) is 2.60. The van der Waals surface area contributed by atoms with E-state index in [0.717, 1.165) is 32.3 Å². The van der Waals surface area contributed by atoms with Crippen LogP contribution < -0.4 is 5.32 Å². The van der Waals surface area contributed by atoms with Crippen LogP contribution in [0.2, 0.25) is 0 Å². The Kier molecular flexibility index (Phi) is 3.33. The van der Waals surface area contributed by atoms with Crippen molar-refractivity contribution in [1.82, 2.24) is 10.2 Å². The fraction of sp³-hybridized carbons (Fsp3) is 1.00. The molecule has 1 saturated heterocycles. The normalized spacial score (nSPS) is 29.4. The van der Waals surface area contributed by atoms with E-state index in [-0.39, 0.29) is 5.54 Å². The van der Waals surface area contributed by atoms with E-state index in [2.05, 4.69) is 31.0 Å². The van der Waals surface area contributed by atoms with Gasteiger partial charge in [0.2, 0.25) is 0 Å². The molecule has 2 fully saturated rings. The van der Waals surface area contributed by atoms with Gasteiger partial charge in [0.25, 0.3) is 0 Å². The number of nitrogens with zero attached hydrogens (tertiary/aromatic N) is 1. The zero-order valence-electron chi connectivity index (χ0n) is 10.3. The SMILES string of the molecule is CC(C)(C)NCC1CN(C2CC2)CCO1. The zero-order valence-corrected chi connectivity index (χ0v) is 10.3. The smallest absolute Gasteiger partial charge is 0.0827 e. The minimum atomic E-state index is 0.200. The lowest BCUT2D eigenvalue weighted by Crippen LogP contribution is -2.50. The van der Waals surface area contributed by atoms with E-state index in [4.69, 9.17) is 4.74 Å². The molecule has 0 radical (unpaired) electrons. The van der Waals surface area contributed by atoms with Crippen LogP contribution in [0.15, 0.2) is 0 Å². The number of hydrogen-bond donors (Lipinski definition) is 1. The van der Waals surface area contributed by atoms with E-state index in [1.165, 1.54) is 12.8 Å². The highest BCUT2D eigenvalue weighted by Gasteiger charge is 2.33. The first-order valence-electron chi connectivity index (χ1n) is 6.15. The summed E-state index contributed by atoms with van der Waals surface area (Å²) in [5.41, 5.74) is 0.200. The van der Waals surface area contributed by atoms with Crippen molar-refractivity contribution in [3.05, 3.63) is 0 Å². The molecule has 3 nitrogen and oxygen atoms in total. The highest BCUT2D eigenvalue weighted by atomic mass is 16.5. The van der Waals surface area contributed by atoms with Crippen molar-refractivity contribution in [3.63, 3.8) is 0 Å². The predicted octanol–water partition coefficient (Wildman–Crippen LogP) is 1.24. The van der Waals surface area contributed by atoms with Crippen molar-refractivity contribution in [2.24, 2.45) is 0 Å². The average molecular weight is 212 g/mol. The Hall–Kier alpha value is -0.120. The second-order valence-corrected chi connectivity index (χ2v) is 5.85. The lowest BCUT2D eigenvalue weighted by atomic mass is 10.1. The van der Waals surface area contributed by atoms with Crippen molar-refractivity contribution in [2.45, 2.75) is 51.3 Å². The van der Waals surface area contributed by atoms with Gasteiger partial charge in [-0.3, -0.25) is 4.90 Å². The predicted molar refractivity (Wildman–Crippen MR) is 62.1 cm³/mol. The topological polar surface area (TPSA) is 24.5 Å². The maximum Gasteiger partial charge on any atom is 0.0827 e. The van der Waals surface area contributed by atoms with Crippen LogP contribution in [0.1, 0.15) is 33.6 Å². The Balaban J connectivity index is 1.72. The molecular formula is C12H24N2O. The summed E-state index contributed by atoms with van der Waals surface area (Å²) in [6.07, 6.45) is 3.19. The van der Waals surface area contributed by atoms with Crippen LogP contribution in [0.25, 0.3) is 0 Å². The summed E-state index contributed by atoms with van der Waals surface area (Å²) >= 11 is 0. The molecule has 2 aliphatic rings. The Morgan fingerprint density at radius 3 is 2.67 bits per heavy atom. The molecule has 1 N–H and O–H groups in total. The number of rotatable bonds is 3. The van der Waals surface area contributed by atoms with E-state index >= 15 is 0 Å². The summed E-state index contributed by atoms with van der Waals surface area (Å²) in [6.45, 7) is 10.8. The summed E-state index contributed by atoms with van der Waals surface area (Å²) in [7, 11) is 0. The summed E-state index contributed by atoms with van der Waals surface area (Å²) in [5.74, 6) is 0. The van der Waals surface area contributed by atoms with Gasteiger partial charge in [0, 0.05) is 31.2 Å². The molecule has 1 saturated carbocycles. The molecule has 0 aromatic rings. The van der Waals surface area contributed by atoms with Gasteiger partial charge < -0.3 is 10.1 Å². The van der Waals surface area contributed by atoms with Gasteiger partial charge in [-0.05, 0) is 33.6 Å². The van der Waals surface area contributed by atoms with Crippen molar-refractivity contribution >= 4 is 0 Å². The first kappa shape index (κ1) is 11.4. The molecular weight excluding hydrogens is 188 g/mol. The molecule has 1 aliphatic heterocycles. The maximum absolute atomic E-state index is 5.78. The second kappa shape index (κ2) is 4.40. The number of hydrogen-bond acceptors (Lipinski definition) is 3. The highest BCUT2D eigenvalue weighted by Crippen LogP contribution is 2.28. The van der Waals surface area contributed by atoms with Gasteiger partial charge in [-0.2, -0.15) is 0 Å². The molecule has 2 rings (SSSR count). The zero-order chi connectivity index (χ0) is 10.9. The molecule has 3 heteroatoms. The molecule has 0 aromatic heterocycles. The van der Waals surface area contributed by atoms with Crippen LogP contribution in [-0.4, -0.2) is 48.8 Å². The van der Waals surface area contributed by atoms with Crippen LogP contribution >= 0.6 is 0 Å². The van der Waals surface area contributed by atoms with E-state index in [0.29, 0.717) is 6.10 Å². The molecule has 1 aliphatic carbocycles. The van der Waals surface area contributed by atoms with E-state index < -0.39 is 0 Å². The monoisotopic (exact) mass is 212 g/mol. The van der Waals surface area contributed by atoms with Gasteiger partial charge >= 0.3 is 0 Å². The fourth-order valence-electron chi connectivity index (χ4n) is 2.06. The highest BCUT2D eigenvalue weighted by molar-refractivity contribution is 4.88. The lowest BCUT2D eigenvalue weighted by molar-refractivity contribution is -0.0322.